The van der Waals surface area contributed by atoms with Crippen molar-refractivity contribution in [2.75, 3.05) is 0 Å². The Bertz CT molecular complexity index is 710. The van der Waals surface area contributed by atoms with E-state index in [2.05, 4.69) is 20.9 Å². The summed E-state index contributed by atoms with van der Waals surface area (Å²) in [5.74, 6) is -1.87. The molecule has 18 heavy (non-hydrogen) atoms. The van der Waals surface area contributed by atoms with Crippen molar-refractivity contribution in [3.05, 3.63) is 60.3 Å². The van der Waals surface area contributed by atoms with E-state index in [-0.39, 0.29) is 15.3 Å². The zero-order chi connectivity index (χ0) is 13.4. The molecule has 0 bridgehead atoms. The first kappa shape index (κ1) is 13.0. The lowest BCUT2D eigenvalue weighted by Gasteiger charge is -2.06. The van der Waals surface area contributed by atoms with Crippen LogP contribution in [-0.2, 0) is 0 Å². The average Bonchev–Trinajstić information content (AvgIpc) is 2.24. The van der Waals surface area contributed by atoms with E-state index in [9.17, 15) is 18.4 Å². The standard InChI is InChI=1S/C10H4BrClF2N2O2/c11-4-1-7(6(14)2-5(4)13)16-9(17)3-8(12)15-10(16)18/h1-3H,(H,15,18). The van der Waals surface area contributed by atoms with Crippen molar-refractivity contribution in [1.29, 1.82) is 0 Å². The summed E-state index contributed by atoms with van der Waals surface area (Å²) in [5.41, 5.74) is -2.10. The lowest BCUT2D eigenvalue weighted by molar-refractivity contribution is 0.570. The van der Waals surface area contributed by atoms with Gasteiger partial charge in [-0.2, -0.15) is 0 Å². The molecule has 0 spiro atoms. The highest BCUT2D eigenvalue weighted by Crippen LogP contribution is 2.21. The maximum atomic E-state index is 13.6. The van der Waals surface area contributed by atoms with Crippen molar-refractivity contribution < 1.29 is 8.78 Å². The van der Waals surface area contributed by atoms with E-state index in [0.717, 1.165) is 12.1 Å². The van der Waals surface area contributed by atoms with E-state index in [0.29, 0.717) is 10.6 Å². The number of nitrogens with zero attached hydrogens (tertiary/aromatic N) is 1. The van der Waals surface area contributed by atoms with Gasteiger partial charge in [0.1, 0.15) is 16.8 Å². The summed E-state index contributed by atoms with van der Waals surface area (Å²) in [6.45, 7) is 0. The predicted molar refractivity (Wildman–Crippen MR) is 65.3 cm³/mol. The van der Waals surface area contributed by atoms with Gasteiger partial charge >= 0.3 is 5.69 Å². The topological polar surface area (TPSA) is 54.9 Å². The number of hydrogen-bond donors (Lipinski definition) is 1. The van der Waals surface area contributed by atoms with Crippen molar-refractivity contribution in [3.63, 3.8) is 0 Å². The fourth-order valence-electron chi connectivity index (χ4n) is 1.38. The molecule has 0 radical (unpaired) electrons. The molecule has 2 aromatic rings. The van der Waals surface area contributed by atoms with Crippen LogP contribution in [0.15, 0.2) is 32.3 Å². The number of H-pyrrole nitrogens is 1. The van der Waals surface area contributed by atoms with Gasteiger partial charge in [-0.25, -0.2) is 18.1 Å². The maximum absolute atomic E-state index is 13.6. The summed E-state index contributed by atoms with van der Waals surface area (Å²) in [6.07, 6.45) is 0. The molecule has 8 heteroatoms. The van der Waals surface area contributed by atoms with Crippen LogP contribution in [0.3, 0.4) is 0 Å². The van der Waals surface area contributed by atoms with Gasteiger partial charge in [-0.05, 0) is 22.0 Å². The van der Waals surface area contributed by atoms with E-state index in [1.54, 1.807) is 0 Å². The zero-order valence-corrected chi connectivity index (χ0v) is 10.8. The SMILES string of the molecule is O=c1cc(Cl)[nH]c(=O)n1-c1cc(Br)c(F)cc1F. The first-order valence-electron chi connectivity index (χ1n) is 4.57. The molecule has 2 rings (SSSR count). The molecule has 1 N–H and O–H groups in total. The minimum absolute atomic E-state index is 0.0693. The van der Waals surface area contributed by atoms with E-state index in [1.165, 1.54) is 0 Å². The molecular formula is C10H4BrClF2N2O2. The van der Waals surface area contributed by atoms with Gasteiger partial charge in [-0.3, -0.25) is 9.78 Å². The third-order valence-corrected chi connectivity index (χ3v) is 2.94. The third-order valence-electron chi connectivity index (χ3n) is 2.13. The highest BCUT2D eigenvalue weighted by atomic mass is 79.9. The van der Waals surface area contributed by atoms with Crippen LogP contribution in [0.2, 0.25) is 5.15 Å². The molecule has 0 aliphatic heterocycles. The maximum Gasteiger partial charge on any atom is 0.334 e. The lowest BCUT2D eigenvalue weighted by Crippen LogP contribution is -2.33. The van der Waals surface area contributed by atoms with Gasteiger partial charge in [-0.1, -0.05) is 11.6 Å². The molecule has 0 saturated carbocycles. The monoisotopic (exact) mass is 336 g/mol. The Hall–Kier alpha value is -1.47. The first-order chi connectivity index (χ1) is 8.40. The van der Waals surface area contributed by atoms with Crippen molar-refractivity contribution >= 4 is 27.5 Å². The van der Waals surface area contributed by atoms with Crippen molar-refractivity contribution in [2.24, 2.45) is 0 Å². The second kappa shape index (κ2) is 4.66. The molecule has 0 aliphatic rings. The molecule has 1 aromatic heterocycles. The summed E-state index contributed by atoms with van der Waals surface area (Å²) in [7, 11) is 0. The molecule has 0 atom stereocenters. The van der Waals surface area contributed by atoms with Crippen LogP contribution in [0.4, 0.5) is 8.78 Å². The van der Waals surface area contributed by atoms with Crippen LogP contribution in [-0.4, -0.2) is 9.55 Å². The second-order valence-corrected chi connectivity index (χ2v) is 4.58. The average molecular weight is 338 g/mol. The second-order valence-electron chi connectivity index (χ2n) is 3.31. The van der Waals surface area contributed by atoms with Gasteiger partial charge in [0.05, 0.1) is 10.2 Å². The Morgan fingerprint density at radius 2 is 1.83 bits per heavy atom. The van der Waals surface area contributed by atoms with E-state index in [4.69, 9.17) is 11.6 Å². The Morgan fingerprint density at radius 1 is 1.17 bits per heavy atom. The number of rotatable bonds is 1. The minimum atomic E-state index is -1.04. The number of benzene rings is 1. The van der Waals surface area contributed by atoms with Crippen molar-refractivity contribution in [1.82, 2.24) is 9.55 Å². The van der Waals surface area contributed by atoms with Crippen LogP contribution in [0.1, 0.15) is 0 Å². The van der Waals surface area contributed by atoms with Gasteiger partial charge in [-0.15, -0.1) is 0 Å². The van der Waals surface area contributed by atoms with Crippen LogP contribution in [0, 0.1) is 11.6 Å². The third kappa shape index (κ3) is 2.23. The number of aromatic amines is 1. The molecule has 0 amide bonds. The molecule has 0 aliphatic carbocycles. The van der Waals surface area contributed by atoms with E-state index < -0.39 is 22.9 Å². The van der Waals surface area contributed by atoms with Gasteiger partial charge in [0.25, 0.3) is 5.56 Å². The molecular weight excluding hydrogens is 333 g/mol. The molecule has 0 unspecified atom stereocenters. The number of hydrogen-bond acceptors (Lipinski definition) is 2. The first-order valence-corrected chi connectivity index (χ1v) is 5.74. The van der Waals surface area contributed by atoms with Crippen molar-refractivity contribution in [3.8, 4) is 5.69 Å². The van der Waals surface area contributed by atoms with Gasteiger partial charge in [0, 0.05) is 12.1 Å². The summed E-state index contributed by atoms with van der Waals surface area (Å²) in [6, 6.07) is 2.48. The Labute approximate surface area is 112 Å². The molecule has 4 nitrogen and oxygen atoms in total. The lowest BCUT2D eigenvalue weighted by atomic mass is 10.3. The molecule has 0 fully saturated rings. The summed E-state index contributed by atoms with van der Waals surface area (Å²) in [5, 5.41) is -0.164. The number of halogens is 4. The smallest absolute Gasteiger partial charge is 0.297 e. The van der Waals surface area contributed by atoms with Gasteiger partial charge in [0.15, 0.2) is 0 Å². The van der Waals surface area contributed by atoms with Crippen LogP contribution < -0.4 is 11.2 Å². The fraction of sp³-hybridized carbons (Fsp3) is 0. The highest BCUT2D eigenvalue weighted by Gasteiger charge is 2.14. The highest BCUT2D eigenvalue weighted by molar-refractivity contribution is 9.10. The number of nitrogens with one attached hydrogen (secondary N) is 1. The fourth-order valence-corrected chi connectivity index (χ4v) is 1.88. The quantitative estimate of drug-likeness (QED) is 0.641. The summed E-state index contributed by atoms with van der Waals surface area (Å²) < 4.78 is 27.1. The Kier molecular flexibility index (Phi) is 3.36. The van der Waals surface area contributed by atoms with Gasteiger partial charge in [0.2, 0.25) is 0 Å². The molecule has 0 saturated heterocycles. The van der Waals surface area contributed by atoms with E-state index >= 15 is 0 Å². The predicted octanol–water partition coefficient (Wildman–Crippen LogP) is 2.22. The molecule has 1 heterocycles. The minimum Gasteiger partial charge on any atom is -0.297 e. The number of aromatic nitrogens is 2. The van der Waals surface area contributed by atoms with Gasteiger partial charge < -0.3 is 0 Å². The molecule has 1 aromatic carbocycles. The Morgan fingerprint density at radius 3 is 2.44 bits per heavy atom. The Balaban J connectivity index is 2.82. The summed E-state index contributed by atoms with van der Waals surface area (Å²) >= 11 is 8.32. The van der Waals surface area contributed by atoms with E-state index in [1.807, 2.05) is 0 Å². The van der Waals surface area contributed by atoms with Crippen LogP contribution in [0.5, 0.6) is 0 Å². The summed E-state index contributed by atoms with van der Waals surface area (Å²) in [4.78, 5) is 25.3. The molecule has 94 valence electrons. The van der Waals surface area contributed by atoms with Crippen molar-refractivity contribution in [2.45, 2.75) is 0 Å². The van der Waals surface area contributed by atoms with Crippen LogP contribution >= 0.6 is 27.5 Å². The normalized spacial score (nSPS) is 10.7. The van der Waals surface area contributed by atoms with Crippen LogP contribution in [0.25, 0.3) is 5.69 Å². The zero-order valence-electron chi connectivity index (χ0n) is 8.51. The largest absolute Gasteiger partial charge is 0.334 e.